The molecule has 0 saturated heterocycles. The Balaban J connectivity index is 1.51. The highest BCUT2D eigenvalue weighted by molar-refractivity contribution is 7.99. The van der Waals surface area contributed by atoms with Gasteiger partial charge in [-0.05, 0) is 43.2 Å². The van der Waals surface area contributed by atoms with Crippen molar-refractivity contribution in [1.29, 1.82) is 0 Å². The van der Waals surface area contributed by atoms with Gasteiger partial charge in [0.1, 0.15) is 10.8 Å². The van der Waals surface area contributed by atoms with Crippen molar-refractivity contribution in [1.82, 2.24) is 19.9 Å². The number of fused-ring (bicyclic) bond motifs is 1. The van der Waals surface area contributed by atoms with Crippen molar-refractivity contribution in [2.45, 2.75) is 24.9 Å². The molecule has 1 N–H and O–H groups in total. The summed E-state index contributed by atoms with van der Waals surface area (Å²) in [4.78, 5) is 17.2. The molecule has 4 rings (SSSR count). The molecule has 4 aromatic rings. The largest absolute Gasteiger partial charge is 0.497 e. The number of aromatic nitrogens is 3. The SMILES string of the molecule is COc1ccc(-c2cnn3c(SCC(=O)N[C@@H](C)c4ccccc4)cc(C)nc23)cc1. The van der Waals surface area contributed by atoms with E-state index in [1.165, 1.54) is 11.8 Å². The summed E-state index contributed by atoms with van der Waals surface area (Å²) in [6.45, 7) is 3.94. The molecule has 0 fully saturated rings. The molecule has 0 unspecified atom stereocenters. The predicted molar refractivity (Wildman–Crippen MR) is 123 cm³/mol. The maximum Gasteiger partial charge on any atom is 0.230 e. The second kappa shape index (κ2) is 9.22. The number of carbonyl (C=O) groups is 1. The highest BCUT2D eigenvalue weighted by Gasteiger charge is 2.15. The number of carbonyl (C=O) groups excluding carboxylic acids is 1. The maximum absolute atomic E-state index is 12.5. The fourth-order valence-corrected chi connectivity index (χ4v) is 4.25. The smallest absolute Gasteiger partial charge is 0.230 e. The van der Waals surface area contributed by atoms with Crippen LogP contribution < -0.4 is 10.1 Å². The highest BCUT2D eigenvalue weighted by Crippen LogP contribution is 2.29. The topological polar surface area (TPSA) is 68.5 Å². The van der Waals surface area contributed by atoms with Crippen LogP contribution >= 0.6 is 11.8 Å². The second-order valence-corrected chi connectivity index (χ2v) is 8.24. The van der Waals surface area contributed by atoms with E-state index >= 15 is 0 Å². The third kappa shape index (κ3) is 4.72. The molecule has 6 nitrogen and oxygen atoms in total. The number of nitrogens with zero attached hydrogens (tertiary/aromatic N) is 3. The Morgan fingerprint density at radius 3 is 2.61 bits per heavy atom. The molecular formula is C24H24N4O2S. The molecule has 2 heterocycles. The number of methoxy groups -OCH3 is 1. The molecule has 2 aromatic heterocycles. The summed E-state index contributed by atoms with van der Waals surface area (Å²) in [6, 6.07) is 19.7. The Hall–Kier alpha value is -3.32. The van der Waals surface area contributed by atoms with Crippen molar-refractivity contribution >= 4 is 23.3 Å². The first-order valence-electron chi connectivity index (χ1n) is 10.0. The molecule has 0 bridgehead atoms. The van der Waals surface area contributed by atoms with E-state index in [-0.39, 0.29) is 11.9 Å². The molecule has 0 aliphatic heterocycles. The first kappa shape index (κ1) is 20.9. The van der Waals surface area contributed by atoms with E-state index in [2.05, 4.69) is 15.4 Å². The van der Waals surface area contributed by atoms with E-state index in [1.54, 1.807) is 11.6 Å². The van der Waals surface area contributed by atoms with Gasteiger partial charge in [-0.1, -0.05) is 54.2 Å². The fraction of sp³-hybridized carbons (Fsp3) is 0.208. The van der Waals surface area contributed by atoms with E-state index < -0.39 is 0 Å². The molecule has 1 atom stereocenters. The number of ether oxygens (including phenoxy) is 1. The van der Waals surface area contributed by atoms with E-state index in [4.69, 9.17) is 4.74 Å². The van der Waals surface area contributed by atoms with Crippen molar-refractivity contribution < 1.29 is 9.53 Å². The molecule has 0 spiro atoms. The van der Waals surface area contributed by atoms with Crippen LogP contribution in [0.4, 0.5) is 0 Å². The lowest BCUT2D eigenvalue weighted by atomic mass is 10.1. The van der Waals surface area contributed by atoms with Crippen molar-refractivity contribution in [3.8, 4) is 16.9 Å². The number of nitrogens with one attached hydrogen (secondary N) is 1. The van der Waals surface area contributed by atoms with Gasteiger partial charge in [0.25, 0.3) is 0 Å². The zero-order chi connectivity index (χ0) is 21.8. The number of benzene rings is 2. The van der Waals surface area contributed by atoms with Gasteiger partial charge in [0.05, 0.1) is 25.1 Å². The summed E-state index contributed by atoms with van der Waals surface area (Å²) in [6.07, 6.45) is 1.81. The van der Waals surface area contributed by atoms with Crippen molar-refractivity contribution in [3.63, 3.8) is 0 Å². The molecule has 158 valence electrons. The number of hydrogen-bond donors (Lipinski definition) is 1. The molecule has 31 heavy (non-hydrogen) atoms. The van der Waals surface area contributed by atoms with Crippen molar-refractivity contribution in [3.05, 3.63) is 78.1 Å². The zero-order valence-electron chi connectivity index (χ0n) is 17.7. The van der Waals surface area contributed by atoms with Gasteiger partial charge in [-0.25, -0.2) is 9.50 Å². The summed E-state index contributed by atoms with van der Waals surface area (Å²) in [5.74, 6) is 1.08. The first-order valence-corrected chi connectivity index (χ1v) is 11.0. The minimum absolute atomic E-state index is 0.0218. The van der Waals surface area contributed by atoms with Crippen molar-refractivity contribution in [2.75, 3.05) is 12.9 Å². The normalized spacial score (nSPS) is 12.0. The lowest BCUT2D eigenvalue weighted by Gasteiger charge is -2.14. The van der Waals surface area contributed by atoms with Gasteiger partial charge < -0.3 is 10.1 Å². The molecule has 7 heteroatoms. The zero-order valence-corrected chi connectivity index (χ0v) is 18.5. The van der Waals surface area contributed by atoms with E-state index in [0.29, 0.717) is 5.75 Å². The van der Waals surface area contributed by atoms with Crippen LogP contribution in [0.2, 0.25) is 0 Å². The monoisotopic (exact) mass is 432 g/mol. The van der Waals surface area contributed by atoms with E-state index in [0.717, 1.165) is 38.8 Å². The van der Waals surface area contributed by atoms with Gasteiger partial charge >= 0.3 is 0 Å². The second-order valence-electron chi connectivity index (χ2n) is 7.25. The number of aryl methyl sites for hydroxylation is 1. The van der Waals surface area contributed by atoms with Gasteiger partial charge in [-0.15, -0.1) is 0 Å². The number of thioether (sulfide) groups is 1. The molecule has 2 aromatic carbocycles. The Morgan fingerprint density at radius 2 is 1.90 bits per heavy atom. The Kier molecular flexibility index (Phi) is 6.23. The Bertz CT molecular complexity index is 1190. The summed E-state index contributed by atoms with van der Waals surface area (Å²) >= 11 is 1.45. The van der Waals surface area contributed by atoms with Gasteiger partial charge in [-0.3, -0.25) is 4.79 Å². The van der Waals surface area contributed by atoms with Crippen LogP contribution in [0.25, 0.3) is 16.8 Å². The predicted octanol–water partition coefficient (Wildman–Crippen LogP) is 4.68. The summed E-state index contributed by atoms with van der Waals surface area (Å²) < 4.78 is 7.04. The quantitative estimate of drug-likeness (QED) is 0.339. The summed E-state index contributed by atoms with van der Waals surface area (Å²) in [5, 5.41) is 8.47. The molecule has 0 aliphatic carbocycles. The Labute approximate surface area is 185 Å². The number of hydrogen-bond acceptors (Lipinski definition) is 5. The minimum atomic E-state index is -0.0418. The number of amides is 1. The van der Waals surface area contributed by atoms with Crippen LogP contribution in [0.15, 0.2) is 71.9 Å². The van der Waals surface area contributed by atoms with E-state index in [1.807, 2.05) is 80.7 Å². The van der Waals surface area contributed by atoms with Crippen LogP contribution in [0.1, 0.15) is 24.2 Å². The maximum atomic E-state index is 12.5. The van der Waals surface area contributed by atoms with Crippen LogP contribution in [0.5, 0.6) is 5.75 Å². The van der Waals surface area contributed by atoms with Gasteiger partial charge in [-0.2, -0.15) is 5.10 Å². The summed E-state index contributed by atoms with van der Waals surface area (Å²) in [5.41, 5.74) is 4.68. The standard InChI is InChI=1S/C24H24N4O2S/c1-16-13-23(31-15-22(29)27-17(2)18-7-5-4-6-8-18)28-24(26-16)21(14-25-28)19-9-11-20(30-3)12-10-19/h4-14,17H,15H2,1-3H3,(H,27,29)/t17-/m0/s1. The lowest BCUT2D eigenvalue weighted by molar-refractivity contribution is -0.119. The van der Waals surface area contributed by atoms with Crippen LogP contribution in [-0.4, -0.2) is 33.4 Å². The number of rotatable bonds is 7. The third-order valence-corrected chi connectivity index (χ3v) is 5.99. The van der Waals surface area contributed by atoms with Crippen LogP contribution in [0, 0.1) is 6.92 Å². The van der Waals surface area contributed by atoms with Gasteiger partial charge in [0.2, 0.25) is 5.91 Å². The third-order valence-electron chi connectivity index (χ3n) is 5.00. The van der Waals surface area contributed by atoms with E-state index in [9.17, 15) is 4.79 Å². The highest BCUT2D eigenvalue weighted by atomic mass is 32.2. The Morgan fingerprint density at radius 1 is 1.16 bits per heavy atom. The van der Waals surface area contributed by atoms with Gasteiger partial charge in [0, 0.05) is 11.3 Å². The average Bonchev–Trinajstić information content (AvgIpc) is 3.22. The molecule has 0 aliphatic rings. The fourth-order valence-electron chi connectivity index (χ4n) is 3.37. The van der Waals surface area contributed by atoms with Crippen molar-refractivity contribution in [2.24, 2.45) is 0 Å². The molecule has 0 radical (unpaired) electrons. The van der Waals surface area contributed by atoms with Crippen LogP contribution in [0.3, 0.4) is 0 Å². The molecule has 0 saturated carbocycles. The minimum Gasteiger partial charge on any atom is -0.497 e. The first-order chi connectivity index (χ1) is 15.0. The van der Waals surface area contributed by atoms with Gasteiger partial charge in [0.15, 0.2) is 5.65 Å². The van der Waals surface area contributed by atoms with Crippen LogP contribution in [-0.2, 0) is 4.79 Å². The average molecular weight is 433 g/mol. The molecule has 1 amide bonds. The molecular weight excluding hydrogens is 408 g/mol. The lowest BCUT2D eigenvalue weighted by Crippen LogP contribution is -2.28. The summed E-state index contributed by atoms with van der Waals surface area (Å²) in [7, 11) is 1.65.